The molecule has 3 heterocycles. The van der Waals surface area contributed by atoms with Crippen molar-refractivity contribution in [3.63, 3.8) is 0 Å². The zero-order valence-electron chi connectivity index (χ0n) is 14.5. The number of nitrogens with two attached hydrogens (primary N) is 1. The van der Waals surface area contributed by atoms with E-state index in [1.54, 1.807) is 16.7 Å². The molecule has 1 amide bonds. The lowest BCUT2D eigenvalue weighted by Gasteiger charge is -2.27. The molecule has 0 radical (unpaired) electrons. The predicted molar refractivity (Wildman–Crippen MR) is 96.1 cm³/mol. The third-order valence-corrected chi connectivity index (χ3v) is 6.03. The molecule has 2 spiro atoms. The van der Waals surface area contributed by atoms with E-state index in [2.05, 4.69) is 20.6 Å². The van der Waals surface area contributed by atoms with Crippen molar-refractivity contribution in [1.82, 2.24) is 19.9 Å². The van der Waals surface area contributed by atoms with Gasteiger partial charge in [0.25, 0.3) is 11.5 Å². The highest BCUT2D eigenvalue weighted by molar-refractivity contribution is 5.97. The van der Waals surface area contributed by atoms with Crippen molar-refractivity contribution in [3.05, 3.63) is 40.1 Å². The fourth-order valence-corrected chi connectivity index (χ4v) is 4.60. The van der Waals surface area contributed by atoms with E-state index in [-0.39, 0.29) is 11.5 Å². The van der Waals surface area contributed by atoms with Crippen molar-refractivity contribution in [2.45, 2.75) is 44.7 Å². The van der Waals surface area contributed by atoms with Crippen LogP contribution in [0.15, 0.2) is 23.3 Å². The Morgan fingerprint density at radius 1 is 1.19 bits per heavy atom. The van der Waals surface area contributed by atoms with Crippen molar-refractivity contribution >= 4 is 23.2 Å². The summed E-state index contributed by atoms with van der Waals surface area (Å²) in [6, 6.07) is 3.27. The number of pyridine rings is 1. The number of carbonyl (C=O) groups is 1. The number of aromatic nitrogens is 3. The van der Waals surface area contributed by atoms with E-state index < -0.39 is 5.66 Å². The van der Waals surface area contributed by atoms with Crippen molar-refractivity contribution in [2.24, 2.45) is 5.41 Å². The van der Waals surface area contributed by atoms with Gasteiger partial charge in [0, 0.05) is 6.07 Å². The van der Waals surface area contributed by atoms with Gasteiger partial charge in [0.2, 0.25) is 0 Å². The topological polar surface area (TPSA) is 115 Å². The highest BCUT2D eigenvalue weighted by Gasteiger charge is 2.59. The number of nitrogen functional groups attached to an aromatic ring is 1. The molecule has 1 atom stereocenters. The van der Waals surface area contributed by atoms with Crippen LogP contribution in [0.5, 0.6) is 0 Å². The quantitative estimate of drug-likeness (QED) is 0.757. The van der Waals surface area contributed by atoms with Crippen LogP contribution in [-0.2, 0) is 5.66 Å². The number of hydrogen-bond acceptors (Lipinski definition) is 6. The number of aryl methyl sites for hydroxylation is 1. The number of nitrogens with zero attached hydrogens (tertiary/aromatic N) is 3. The second-order valence-corrected chi connectivity index (χ2v) is 7.85. The molecule has 134 valence electrons. The summed E-state index contributed by atoms with van der Waals surface area (Å²) in [6.07, 6.45) is 6.41. The summed E-state index contributed by atoms with van der Waals surface area (Å²) in [6.45, 7) is 1.85. The summed E-state index contributed by atoms with van der Waals surface area (Å²) in [5.74, 6) is 0.612. The maximum atomic E-state index is 13.3. The predicted octanol–water partition coefficient (Wildman–Crippen LogP) is 1.63. The van der Waals surface area contributed by atoms with E-state index in [0.717, 1.165) is 24.8 Å². The zero-order chi connectivity index (χ0) is 18.1. The molecule has 3 aliphatic rings. The summed E-state index contributed by atoms with van der Waals surface area (Å²) >= 11 is 0. The first-order chi connectivity index (χ1) is 12.4. The minimum absolute atomic E-state index is 0.157. The molecule has 2 saturated carbocycles. The molecular weight excluding hydrogens is 332 g/mol. The zero-order valence-corrected chi connectivity index (χ0v) is 14.5. The Kier molecular flexibility index (Phi) is 2.86. The van der Waals surface area contributed by atoms with E-state index >= 15 is 0 Å². The maximum absolute atomic E-state index is 13.3. The average Bonchev–Trinajstić information content (AvgIpc) is 3.14. The third kappa shape index (κ3) is 2.07. The van der Waals surface area contributed by atoms with Crippen LogP contribution in [-0.4, -0.2) is 20.4 Å². The molecule has 1 unspecified atom stereocenters. The van der Waals surface area contributed by atoms with Gasteiger partial charge in [-0.05, 0) is 56.1 Å². The van der Waals surface area contributed by atoms with Gasteiger partial charge < -0.3 is 16.4 Å². The van der Waals surface area contributed by atoms with Crippen molar-refractivity contribution in [1.29, 1.82) is 0 Å². The van der Waals surface area contributed by atoms with Gasteiger partial charge in [-0.1, -0.05) is 0 Å². The number of carbonyl (C=O) groups excluding carboxylic acids is 1. The Hall–Kier alpha value is -2.90. The Morgan fingerprint density at radius 3 is 2.65 bits per heavy atom. The minimum Gasteiger partial charge on any atom is -0.384 e. The SMILES string of the molecule is Cc1cc(Nc2cc(N)ncn2)c(=O)n2c1C(=O)NC21CCC2(CC2)C1. The minimum atomic E-state index is -0.590. The second kappa shape index (κ2) is 4.84. The number of fused-ring (bicyclic) bond motifs is 2. The van der Waals surface area contributed by atoms with Gasteiger partial charge in [-0.2, -0.15) is 0 Å². The number of hydrogen-bond donors (Lipinski definition) is 3. The van der Waals surface area contributed by atoms with Crippen LogP contribution >= 0.6 is 0 Å². The van der Waals surface area contributed by atoms with Gasteiger partial charge in [0.05, 0.1) is 0 Å². The molecule has 2 fully saturated rings. The van der Waals surface area contributed by atoms with Crippen LogP contribution in [0.2, 0.25) is 0 Å². The highest BCUT2D eigenvalue weighted by Crippen LogP contribution is 2.62. The molecule has 0 aromatic carbocycles. The molecule has 1 aliphatic heterocycles. The molecule has 26 heavy (non-hydrogen) atoms. The lowest BCUT2D eigenvalue weighted by atomic mass is 10.0. The van der Waals surface area contributed by atoms with Crippen molar-refractivity contribution in [3.8, 4) is 0 Å². The lowest BCUT2D eigenvalue weighted by Crippen LogP contribution is -2.45. The van der Waals surface area contributed by atoms with E-state index in [1.807, 2.05) is 6.92 Å². The van der Waals surface area contributed by atoms with E-state index in [0.29, 0.717) is 28.4 Å². The Labute approximate surface area is 149 Å². The van der Waals surface area contributed by atoms with Crippen LogP contribution in [0, 0.1) is 12.3 Å². The standard InChI is InChI=1S/C18H20N6O2/c1-10-6-11(22-13-7-12(19)20-9-21-13)16(26)24-14(10)15(25)23-18(24)5-4-17(8-18)2-3-17/h6-7,9H,2-5,8H2,1H3,(H,23,25)(H3,19,20,21,22). The third-order valence-electron chi connectivity index (χ3n) is 6.03. The summed E-state index contributed by atoms with van der Waals surface area (Å²) in [5.41, 5.74) is 6.83. The molecule has 0 saturated heterocycles. The number of rotatable bonds is 2. The van der Waals surface area contributed by atoms with E-state index in [4.69, 9.17) is 5.73 Å². The summed E-state index contributed by atoms with van der Waals surface area (Å²) in [5, 5.41) is 6.16. The number of amides is 1. The first-order valence-corrected chi connectivity index (χ1v) is 8.86. The van der Waals surface area contributed by atoms with Crippen LogP contribution in [0.25, 0.3) is 0 Å². The number of nitrogens with one attached hydrogen (secondary N) is 2. The number of anilines is 3. The fraction of sp³-hybridized carbons (Fsp3) is 0.444. The molecule has 8 nitrogen and oxygen atoms in total. The summed E-state index contributed by atoms with van der Waals surface area (Å²) < 4.78 is 1.69. The van der Waals surface area contributed by atoms with E-state index in [9.17, 15) is 9.59 Å². The molecular formula is C18H20N6O2. The highest BCUT2D eigenvalue weighted by atomic mass is 16.2. The van der Waals surface area contributed by atoms with Crippen LogP contribution < -0.4 is 21.9 Å². The first kappa shape index (κ1) is 15.4. The van der Waals surface area contributed by atoms with E-state index in [1.165, 1.54) is 19.2 Å². The molecule has 0 bridgehead atoms. The van der Waals surface area contributed by atoms with Crippen LogP contribution in [0.3, 0.4) is 0 Å². The summed E-state index contributed by atoms with van der Waals surface area (Å²) in [4.78, 5) is 33.9. The Balaban J connectivity index is 1.63. The van der Waals surface area contributed by atoms with Gasteiger partial charge in [-0.15, -0.1) is 0 Å². The Morgan fingerprint density at radius 2 is 1.96 bits per heavy atom. The molecule has 5 rings (SSSR count). The first-order valence-electron chi connectivity index (χ1n) is 8.86. The maximum Gasteiger partial charge on any atom is 0.276 e. The Bertz CT molecular complexity index is 1010. The van der Waals surface area contributed by atoms with Gasteiger partial charge in [-0.3, -0.25) is 14.2 Å². The molecule has 2 aromatic heterocycles. The largest absolute Gasteiger partial charge is 0.384 e. The molecule has 2 aromatic rings. The summed E-state index contributed by atoms with van der Waals surface area (Å²) in [7, 11) is 0. The van der Waals surface area contributed by atoms with Crippen molar-refractivity contribution < 1.29 is 4.79 Å². The average molecular weight is 352 g/mol. The monoisotopic (exact) mass is 352 g/mol. The fourth-order valence-electron chi connectivity index (χ4n) is 4.60. The van der Waals surface area contributed by atoms with Crippen LogP contribution in [0.4, 0.5) is 17.3 Å². The lowest BCUT2D eigenvalue weighted by molar-refractivity contribution is 0.0917. The van der Waals surface area contributed by atoms with Gasteiger partial charge in [-0.25, -0.2) is 9.97 Å². The molecule has 4 N–H and O–H groups in total. The van der Waals surface area contributed by atoms with Crippen LogP contribution in [0.1, 0.15) is 48.2 Å². The second-order valence-electron chi connectivity index (χ2n) is 7.85. The van der Waals surface area contributed by atoms with Gasteiger partial charge in [0.1, 0.15) is 35.0 Å². The smallest absolute Gasteiger partial charge is 0.276 e. The van der Waals surface area contributed by atoms with Crippen molar-refractivity contribution in [2.75, 3.05) is 11.1 Å². The van der Waals surface area contributed by atoms with Gasteiger partial charge in [0.15, 0.2) is 0 Å². The van der Waals surface area contributed by atoms with Gasteiger partial charge >= 0.3 is 0 Å². The normalized spacial score (nSPS) is 24.7. The molecule has 2 aliphatic carbocycles. The molecule has 8 heteroatoms.